The molecule has 7 nitrogen and oxygen atoms in total. The van der Waals surface area contributed by atoms with Crippen molar-refractivity contribution < 1.29 is 9.53 Å². The Hall–Kier alpha value is -2.11. The molecule has 1 aromatic heterocycles. The van der Waals surface area contributed by atoms with Gasteiger partial charge in [0, 0.05) is 16.6 Å². The van der Waals surface area contributed by atoms with Gasteiger partial charge in [0.2, 0.25) is 0 Å². The van der Waals surface area contributed by atoms with Crippen LogP contribution in [0.3, 0.4) is 0 Å². The van der Waals surface area contributed by atoms with Crippen LogP contribution in [0.2, 0.25) is 0 Å². The van der Waals surface area contributed by atoms with E-state index in [0.29, 0.717) is 0 Å². The summed E-state index contributed by atoms with van der Waals surface area (Å²) in [5.41, 5.74) is 10.1. The van der Waals surface area contributed by atoms with Crippen LogP contribution >= 0.6 is 0 Å². The van der Waals surface area contributed by atoms with Gasteiger partial charge in [-0.1, -0.05) is 11.2 Å². The first kappa shape index (κ1) is 16.3. The summed E-state index contributed by atoms with van der Waals surface area (Å²) in [4.78, 5) is 21.2. The van der Waals surface area contributed by atoms with E-state index < -0.39 is 0 Å². The Morgan fingerprint density at radius 2 is 2.27 bits per heavy atom. The van der Waals surface area contributed by atoms with E-state index in [4.69, 9.17) is 10.3 Å². The number of methoxy groups -OCH3 is 1. The first-order chi connectivity index (χ1) is 10.7. The molecule has 7 heteroatoms. The number of azide groups is 1. The Morgan fingerprint density at radius 3 is 2.91 bits per heavy atom. The Kier molecular flexibility index (Phi) is 5.75. The molecule has 0 spiro atoms. The molecule has 2 rings (SSSR count). The minimum absolute atomic E-state index is 0.0118. The molecule has 1 aromatic rings. The quantitative estimate of drug-likeness (QED) is 0.362. The van der Waals surface area contributed by atoms with Crippen molar-refractivity contribution in [3.8, 4) is 0 Å². The molecule has 0 bridgehead atoms. The van der Waals surface area contributed by atoms with Gasteiger partial charge in [0.1, 0.15) is 0 Å². The molecule has 1 atom stereocenters. The van der Waals surface area contributed by atoms with Crippen LogP contribution in [0, 0.1) is 5.92 Å². The fraction of sp³-hybridized carbons (Fsp3) is 0.600. The number of likely N-dealkylation sites (tertiary alicyclic amines) is 1. The molecule has 1 aliphatic heterocycles. The number of ether oxygens (including phenoxy) is 1. The van der Waals surface area contributed by atoms with E-state index in [9.17, 15) is 4.79 Å². The summed E-state index contributed by atoms with van der Waals surface area (Å²) < 4.78 is 4.81. The van der Waals surface area contributed by atoms with Crippen molar-refractivity contribution in [3.05, 3.63) is 40.0 Å². The minimum Gasteiger partial charge on any atom is -0.469 e. The first-order valence-electron chi connectivity index (χ1n) is 7.44. The Morgan fingerprint density at radius 1 is 1.55 bits per heavy atom. The van der Waals surface area contributed by atoms with Crippen molar-refractivity contribution in [2.45, 2.75) is 32.4 Å². The molecule has 0 saturated carbocycles. The highest BCUT2D eigenvalue weighted by atomic mass is 16.5. The second kappa shape index (κ2) is 7.77. The lowest BCUT2D eigenvalue weighted by atomic mass is 9.95. The summed E-state index contributed by atoms with van der Waals surface area (Å²) in [5, 5.41) is 3.55. The van der Waals surface area contributed by atoms with Gasteiger partial charge in [0.05, 0.1) is 25.3 Å². The molecular weight excluding hydrogens is 282 g/mol. The summed E-state index contributed by atoms with van der Waals surface area (Å²) in [6.07, 6.45) is 1.63. The van der Waals surface area contributed by atoms with Crippen LogP contribution < -0.4 is 0 Å². The highest BCUT2D eigenvalue weighted by Crippen LogP contribution is 2.26. The van der Waals surface area contributed by atoms with Crippen molar-refractivity contribution in [3.63, 3.8) is 0 Å². The van der Waals surface area contributed by atoms with Gasteiger partial charge >= 0.3 is 5.97 Å². The summed E-state index contributed by atoms with van der Waals surface area (Å²) >= 11 is 0. The molecule has 1 aliphatic rings. The number of esters is 1. The smallest absolute Gasteiger partial charge is 0.308 e. The fourth-order valence-corrected chi connectivity index (χ4v) is 2.80. The van der Waals surface area contributed by atoms with E-state index in [1.807, 2.05) is 18.2 Å². The van der Waals surface area contributed by atoms with Crippen LogP contribution in [-0.4, -0.2) is 36.1 Å². The number of aromatic nitrogens is 1. The lowest BCUT2D eigenvalue weighted by Crippen LogP contribution is -2.38. The van der Waals surface area contributed by atoms with Crippen LogP contribution in [0.5, 0.6) is 0 Å². The third kappa shape index (κ3) is 3.96. The molecule has 22 heavy (non-hydrogen) atoms. The van der Waals surface area contributed by atoms with E-state index in [2.05, 4.69) is 26.8 Å². The minimum atomic E-state index is -0.109. The summed E-state index contributed by atoms with van der Waals surface area (Å²) in [5.74, 6) is -0.0977. The maximum absolute atomic E-state index is 11.6. The van der Waals surface area contributed by atoms with Gasteiger partial charge in [0.15, 0.2) is 0 Å². The van der Waals surface area contributed by atoms with E-state index in [1.54, 1.807) is 0 Å². The lowest BCUT2D eigenvalue weighted by molar-refractivity contribution is -0.147. The van der Waals surface area contributed by atoms with Crippen LogP contribution in [0.15, 0.2) is 23.3 Å². The van der Waals surface area contributed by atoms with Gasteiger partial charge in [-0.15, -0.1) is 0 Å². The molecule has 1 fully saturated rings. The molecule has 0 N–H and O–H groups in total. The summed E-state index contributed by atoms with van der Waals surface area (Å²) in [7, 11) is 1.44. The maximum Gasteiger partial charge on any atom is 0.308 e. The molecule has 1 saturated heterocycles. The largest absolute Gasteiger partial charge is 0.469 e. The van der Waals surface area contributed by atoms with Crippen molar-refractivity contribution in [2.75, 3.05) is 20.2 Å². The molecule has 0 aliphatic carbocycles. The standard InChI is InChI=1S/C15H21N5O2/c1-11(14-5-3-4-13(18-14)10-17-19-16)20-8-6-12(7-9-20)15(21)22-2/h3-5,11-12H,6-10H2,1-2H3/t11-/m1/s1. The third-order valence-corrected chi connectivity index (χ3v) is 4.16. The number of pyridine rings is 1. The van der Waals surface area contributed by atoms with Crippen LogP contribution in [-0.2, 0) is 16.1 Å². The zero-order valence-corrected chi connectivity index (χ0v) is 13.0. The molecular formula is C15H21N5O2. The molecule has 2 heterocycles. The number of nitrogens with zero attached hydrogens (tertiary/aromatic N) is 5. The number of carbonyl (C=O) groups is 1. The molecule has 0 unspecified atom stereocenters. The average molecular weight is 303 g/mol. The van der Waals surface area contributed by atoms with Gasteiger partial charge in [-0.25, -0.2) is 0 Å². The summed E-state index contributed by atoms with van der Waals surface area (Å²) in [6, 6.07) is 5.94. The number of carbonyl (C=O) groups excluding carboxylic acids is 1. The third-order valence-electron chi connectivity index (χ3n) is 4.16. The van der Waals surface area contributed by atoms with Gasteiger partial charge in [-0.3, -0.25) is 14.7 Å². The number of rotatable bonds is 5. The second-order valence-corrected chi connectivity index (χ2v) is 5.45. The molecule has 0 amide bonds. The summed E-state index contributed by atoms with van der Waals surface area (Å²) in [6.45, 7) is 4.08. The van der Waals surface area contributed by atoms with Crippen LogP contribution in [0.4, 0.5) is 0 Å². The normalized spacial score (nSPS) is 17.5. The highest BCUT2D eigenvalue weighted by Gasteiger charge is 2.28. The molecule has 0 radical (unpaired) electrons. The second-order valence-electron chi connectivity index (χ2n) is 5.45. The van der Waals surface area contributed by atoms with E-state index in [-0.39, 0.29) is 24.5 Å². The van der Waals surface area contributed by atoms with Gasteiger partial charge in [-0.2, -0.15) is 0 Å². The zero-order chi connectivity index (χ0) is 15.9. The predicted molar refractivity (Wildman–Crippen MR) is 81.8 cm³/mol. The van der Waals surface area contributed by atoms with Crippen molar-refractivity contribution >= 4 is 5.97 Å². The number of piperidine rings is 1. The number of hydrogen-bond acceptors (Lipinski definition) is 5. The van der Waals surface area contributed by atoms with Crippen molar-refractivity contribution in [1.82, 2.24) is 9.88 Å². The highest BCUT2D eigenvalue weighted by molar-refractivity contribution is 5.72. The lowest BCUT2D eigenvalue weighted by Gasteiger charge is -2.34. The van der Waals surface area contributed by atoms with Gasteiger partial charge in [0.25, 0.3) is 0 Å². The van der Waals surface area contributed by atoms with E-state index in [0.717, 1.165) is 37.3 Å². The van der Waals surface area contributed by atoms with E-state index >= 15 is 0 Å². The monoisotopic (exact) mass is 303 g/mol. The van der Waals surface area contributed by atoms with Crippen molar-refractivity contribution in [2.24, 2.45) is 11.0 Å². The van der Waals surface area contributed by atoms with Crippen LogP contribution in [0.25, 0.3) is 10.4 Å². The van der Waals surface area contributed by atoms with Crippen molar-refractivity contribution in [1.29, 1.82) is 0 Å². The number of hydrogen-bond donors (Lipinski definition) is 0. The fourth-order valence-electron chi connectivity index (χ4n) is 2.80. The van der Waals surface area contributed by atoms with E-state index in [1.165, 1.54) is 7.11 Å². The van der Waals surface area contributed by atoms with Gasteiger partial charge < -0.3 is 4.74 Å². The Bertz CT molecular complexity index is 563. The zero-order valence-electron chi connectivity index (χ0n) is 13.0. The predicted octanol–water partition coefficient (Wildman–Crippen LogP) is 2.84. The SMILES string of the molecule is COC(=O)C1CCN([C@H](C)c2cccc(CN=[N+]=[N-])n2)CC1. The Labute approximate surface area is 129 Å². The Balaban J connectivity index is 1.99. The maximum atomic E-state index is 11.6. The topological polar surface area (TPSA) is 91.2 Å². The first-order valence-corrected chi connectivity index (χ1v) is 7.44. The molecule has 118 valence electrons. The van der Waals surface area contributed by atoms with Gasteiger partial charge in [-0.05, 0) is 50.5 Å². The van der Waals surface area contributed by atoms with Crippen LogP contribution in [0.1, 0.15) is 37.2 Å². The molecule has 0 aromatic carbocycles. The average Bonchev–Trinajstić information content (AvgIpc) is 2.59.